The Kier molecular flexibility index (Phi) is 7.70. The third-order valence-electron chi connectivity index (χ3n) is 2.03. The number of carboxylic acid groups (broad SMARTS) is 2. The zero-order chi connectivity index (χ0) is 13.3. The number of amides is 1. The fourth-order valence-corrected chi connectivity index (χ4v) is 1.17. The molecule has 0 aromatic carbocycles. The largest absolute Gasteiger partial charge is 0.481 e. The lowest BCUT2D eigenvalue weighted by Gasteiger charge is -2.13. The highest BCUT2D eigenvalue weighted by atomic mass is 16.5. The lowest BCUT2D eigenvalue weighted by atomic mass is 10.1. The average Bonchev–Trinajstić information content (AvgIpc) is 2.23. The molecule has 0 saturated carbocycles. The number of aliphatic carboxylic acids is 2. The third-order valence-corrected chi connectivity index (χ3v) is 2.03. The molecule has 3 N–H and O–H groups in total. The van der Waals surface area contributed by atoms with E-state index in [0.29, 0.717) is 13.0 Å². The normalized spacial score (nSPS) is 11.8. The van der Waals surface area contributed by atoms with E-state index in [1.165, 1.54) is 7.11 Å². The van der Waals surface area contributed by atoms with Gasteiger partial charge in [-0.3, -0.25) is 9.59 Å². The number of ether oxygens (including phenoxy) is 1. The lowest BCUT2D eigenvalue weighted by molar-refractivity contribution is -0.143. The first-order valence-electron chi connectivity index (χ1n) is 5.20. The molecule has 7 nitrogen and oxygen atoms in total. The molecule has 0 fully saturated rings. The second-order valence-electron chi connectivity index (χ2n) is 3.49. The van der Waals surface area contributed by atoms with Gasteiger partial charge in [-0.25, -0.2) is 4.79 Å². The van der Waals surface area contributed by atoms with Crippen LogP contribution in [-0.2, 0) is 19.1 Å². The first kappa shape index (κ1) is 15.4. The lowest BCUT2D eigenvalue weighted by Crippen LogP contribution is -2.41. The molecule has 1 atom stereocenters. The summed E-state index contributed by atoms with van der Waals surface area (Å²) in [6.45, 7) is 0.417. The van der Waals surface area contributed by atoms with Gasteiger partial charge in [-0.2, -0.15) is 0 Å². The summed E-state index contributed by atoms with van der Waals surface area (Å²) >= 11 is 0. The molecule has 7 heteroatoms. The van der Waals surface area contributed by atoms with E-state index >= 15 is 0 Å². The summed E-state index contributed by atoms with van der Waals surface area (Å²) < 4.78 is 4.75. The molecule has 0 radical (unpaired) electrons. The standard InChI is InChI=1S/C10H17NO6/c1-17-6-2-3-8(12)11-7(10(15)16)4-5-9(13)14/h7H,2-6H2,1H3,(H,11,12)(H,13,14)(H,15,16)/t7-/m0/s1. The molecule has 0 aliphatic rings. The van der Waals surface area contributed by atoms with Crippen molar-refractivity contribution in [3.8, 4) is 0 Å². The number of methoxy groups -OCH3 is 1. The number of nitrogens with one attached hydrogen (secondary N) is 1. The van der Waals surface area contributed by atoms with Crippen LogP contribution in [0.15, 0.2) is 0 Å². The zero-order valence-electron chi connectivity index (χ0n) is 9.64. The van der Waals surface area contributed by atoms with Gasteiger partial charge in [0.2, 0.25) is 5.91 Å². The quantitative estimate of drug-likeness (QED) is 0.488. The maximum absolute atomic E-state index is 11.3. The summed E-state index contributed by atoms with van der Waals surface area (Å²) in [5.74, 6) is -2.74. The number of carbonyl (C=O) groups excluding carboxylic acids is 1. The Morgan fingerprint density at radius 2 is 1.88 bits per heavy atom. The molecule has 0 aromatic rings. The molecule has 0 spiro atoms. The van der Waals surface area contributed by atoms with E-state index in [1.54, 1.807) is 0 Å². The van der Waals surface area contributed by atoms with Crippen LogP contribution >= 0.6 is 0 Å². The minimum Gasteiger partial charge on any atom is -0.481 e. The highest BCUT2D eigenvalue weighted by Gasteiger charge is 2.20. The number of carboxylic acids is 2. The van der Waals surface area contributed by atoms with Gasteiger partial charge in [-0.15, -0.1) is 0 Å². The molecule has 17 heavy (non-hydrogen) atoms. The monoisotopic (exact) mass is 247 g/mol. The van der Waals surface area contributed by atoms with E-state index in [0.717, 1.165) is 0 Å². The Morgan fingerprint density at radius 1 is 1.24 bits per heavy atom. The summed E-state index contributed by atoms with van der Waals surface area (Å²) in [6, 6.07) is -1.15. The van der Waals surface area contributed by atoms with Crippen LogP contribution in [0.3, 0.4) is 0 Å². The maximum atomic E-state index is 11.3. The Morgan fingerprint density at radius 3 is 2.35 bits per heavy atom. The summed E-state index contributed by atoms with van der Waals surface area (Å²) in [5.41, 5.74) is 0. The third kappa shape index (κ3) is 8.21. The van der Waals surface area contributed by atoms with Crippen molar-refractivity contribution in [1.82, 2.24) is 5.32 Å². The first-order chi connectivity index (χ1) is 7.97. The molecule has 0 bridgehead atoms. The van der Waals surface area contributed by atoms with Gasteiger partial charge in [0.1, 0.15) is 6.04 Å². The molecule has 0 aliphatic carbocycles. The number of rotatable bonds is 9. The number of hydrogen-bond donors (Lipinski definition) is 3. The molecular weight excluding hydrogens is 230 g/mol. The molecule has 0 heterocycles. The van der Waals surface area contributed by atoms with Crippen LogP contribution in [0.2, 0.25) is 0 Å². The van der Waals surface area contributed by atoms with Crippen LogP contribution < -0.4 is 5.32 Å². The van der Waals surface area contributed by atoms with Gasteiger partial charge in [-0.1, -0.05) is 0 Å². The first-order valence-corrected chi connectivity index (χ1v) is 5.20. The van der Waals surface area contributed by atoms with Crippen molar-refractivity contribution >= 4 is 17.8 Å². The molecule has 0 rings (SSSR count). The molecule has 0 aliphatic heterocycles. The van der Waals surface area contributed by atoms with E-state index in [2.05, 4.69) is 5.32 Å². The zero-order valence-corrected chi connectivity index (χ0v) is 9.64. The van der Waals surface area contributed by atoms with Crippen molar-refractivity contribution in [3.63, 3.8) is 0 Å². The number of carbonyl (C=O) groups is 3. The number of hydrogen-bond acceptors (Lipinski definition) is 4. The highest BCUT2D eigenvalue weighted by Crippen LogP contribution is 1.99. The van der Waals surface area contributed by atoms with Crippen molar-refractivity contribution in [2.24, 2.45) is 0 Å². The van der Waals surface area contributed by atoms with Crippen LogP contribution in [0.5, 0.6) is 0 Å². The highest BCUT2D eigenvalue weighted by molar-refractivity contribution is 5.83. The van der Waals surface area contributed by atoms with Gasteiger partial charge in [0.25, 0.3) is 0 Å². The summed E-state index contributed by atoms with van der Waals surface area (Å²) in [7, 11) is 1.50. The summed E-state index contributed by atoms with van der Waals surface area (Å²) in [5, 5.41) is 19.5. The Balaban J connectivity index is 4.02. The van der Waals surface area contributed by atoms with Crippen molar-refractivity contribution in [1.29, 1.82) is 0 Å². The predicted molar refractivity (Wildman–Crippen MR) is 57.5 cm³/mol. The molecule has 0 saturated heterocycles. The SMILES string of the molecule is COCCCC(=O)N[C@@H](CCC(=O)O)C(=O)O. The average molecular weight is 247 g/mol. The van der Waals surface area contributed by atoms with Crippen molar-refractivity contribution in [2.45, 2.75) is 31.7 Å². The van der Waals surface area contributed by atoms with Crippen LogP contribution in [0.1, 0.15) is 25.7 Å². The fraction of sp³-hybridized carbons (Fsp3) is 0.700. The van der Waals surface area contributed by atoms with Gasteiger partial charge in [-0.05, 0) is 12.8 Å². The maximum Gasteiger partial charge on any atom is 0.326 e. The molecule has 1 amide bonds. The molecule has 98 valence electrons. The van der Waals surface area contributed by atoms with E-state index in [1.807, 2.05) is 0 Å². The van der Waals surface area contributed by atoms with Crippen molar-refractivity contribution < 1.29 is 29.3 Å². The summed E-state index contributed by atoms with van der Waals surface area (Å²) in [6.07, 6.45) is 0.230. The van der Waals surface area contributed by atoms with Gasteiger partial charge in [0, 0.05) is 26.6 Å². The van der Waals surface area contributed by atoms with Crippen LogP contribution in [0.4, 0.5) is 0 Å². The van der Waals surface area contributed by atoms with Crippen LogP contribution in [-0.4, -0.2) is 47.8 Å². The second kappa shape index (κ2) is 8.51. The minimum atomic E-state index is -1.23. The van der Waals surface area contributed by atoms with Crippen molar-refractivity contribution in [2.75, 3.05) is 13.7 Å². The minimum absolute atomic E-state index is 0.124. The Hall–Kier alpha value is -1.63. The molecular formula is C10H17NO6. The van der Waals surface area contributed by atoms with Gasteiger partial charge in [0.05, 0.1) is 0 Å². The van der Waals surface area contributed by atoms with Crippen molar-refractivity contribution in [3.05, 3.63) is 0 Å². The van der Waals surface area contributed by atoms with E-state index in [4.69, 9.17) is 14.9 Å². The van der Waals surface area contributed by atoms with E-state index in [-0.39, 0.29) is 19.3 Å². The molecule has 0 aromatic heterocycles. The van der Waals surface area contributed by atoms with Gasteiger partial charge >= 0.3 is 11.9 Å². The van der Waals surface area contributed by atoms with E-state index in [9.17, 15) is 14.4 Å². The van der Waals surface area contributed by atoms with E-state index < -0.39 is 23.9 Å². The fourth-order valence-electron chi connectivity index (χ4n) is 1.17. The summed E-state index contributed by atoms with van der Waals surface area (Å²) in [4.78, 5) is 32.3. The predicted octanol–water partition coefficient (Wildman–Crippen LogP) is -0.153. The Bertz CT molecular complexity index is 278. The van der Waals surface area contributed by atoms with Crippen LogP contribution in [0, 0.1) is 0 Å². The smallest absolute Gasteiger partial charge is 0.326 e. The van der Waals surface area contributed by atoms with Gasteiger partial charge < -0.3 is 20.3 Å². The molecule has 0 unspecified atom stereocenters. The Labute approximate surface area is 98.8 Å². The van der Waals surface area contributed by atoms with Gasteiger partial charge in [0.15, 0.2) is 0 Å². The van der Waals surface area contributed by atoms with Crippen LogP contribution in [0.25, 0.3) is 0 Å². The second-order valence-corrected chi connectivity index (χ2v) is 3.49. The topological polar surface area (TPSA) is 113 Å².